The van der Waals surface area contributed by atoms with E-state index in [0.717, 1.165) is 66.9 Å². The van der Waals surface area contributed by atoms with Gasteiger partial charge in [0, 0.05) is 44.5 Å². The molecule has 0 aliphatic carbocycles. The van der Waals surface area contributed by atoms with Crippen molar-refractivity contribution in [2.75, 3.05) is 4.90 Å². The lowest BCUT2D eigenvalue weighted by molar-refractivity contribution is 0.620. The number of para-hydroxylation sites is 4. The summed E-state index contributed by atoms with van der Waals surface area (Å²) in [7, 11) is 0. The van der Waals surface area contributed by atoms with Crippen molar-refractivity contribution >= 4 is 82.7 Å². The van der Waals surface area contributed by atoms with Crippen LogP contribution in [-0.2, 0) is 0 Å². The minimum absolute atomic E-state index is 0.582. The fourth-order valence-corrected chi connectivity index (χ4v) is 8.83. The van der Waals surface area contributed by atoms with Crippen molar-refractivity contribution in [2.45, 2.75) is 0 Å². The molecule has 0 aliphatic heterocycles. The first-order chi connectivity index (χ1) is 28.8. The molecule has 12 rings (SSSR count). The number of furan rings is 1. The second-order valence-corrected chi connectivity index (χ2v) is 14.7. The van der Waals surface area contributed by atoms with Gasteiger partial charge in [0.05, 0.1) is 22.4 Å². The fraction of sp³-hybridized carbons (Fsp3) is 0. The molecule has 0 saturated heterocycles. The first-order valence-corrected chi connectivity index (χ1v) is 19.5. The Morgan fingerprint density at radius 2 is 1.10 bits per heavy atom. The number of nitrogens with zero attached hydrogens (tertiary/aromatic N) is 3. The summed E-state index contributed by atoms with van der Waals surface area (Å²) in [5.74, 6) is 0.582. The van der Waals surface area contributed by atoms with Crippen LogP contribution in [0, 0.1) is 0 Å². The molecule has 0 amide bonds. The van der Waals surface area contributed by atoms with Crippen molar-refractivity contribution in [1.29, 1.82) is 0 Å². The van der Waals surface area contributed by atoms with Crippen LogP contribution in [0.5, 0.6) is 0 Å². The third-order valence-electron chi connectivity index (χ3n) is 11.4. The fourth-order valence-electron chi connectivity index (χ4n) is 8.83. The van der Waals surface area contributed by atoms with Crippen molar-refractivity contribution in [2.24, 2.45) is 0 Å². The van der Waals surface area contributed by atoms with Gasteiger partial charge in [0.1, 0.15) is 16.7 Å². The average Bonchev–Trinajstić information content (AvgIpc) is 3.99. The molecule has 9 aromatic carbocycles. The van der Waals surface area contributed by atoms with Crippen molar-refractivity contribution in [3.8, 4) is 28.3 Å². The molecule has 0 atom stereocenters. The van der Waals surface area contributed by atoms with E-state index in [4.69, 9.17) is 13.8 Å². The van der Waals surface area contributed by atoms with E-state index in [2.05, 4.69) is 161 Å². The Kier molecular flexibility index (Phi) is 7.16. The highest BCUT2D eigenvalue weighted by Crippen LogP contribution is 2.45. The molecule has 0 aliphatic rings. The number of hydrogen-bond acceptors (Lipinski definition) is 4. The summed E-state index contributed by atoms with van der Waals surface area (Å²) < 4.78 is 15.5. The number of aromatic nitrogens is 2. The number of benzene rings is 9. The Morgan fingerprint density at radius 3 is 1.97 bits per heavy atom. The van der Waals surface area contributed by atoms with Crippen LogP contribution < -0.4 is 4.90 Å². The minimum Gasteiger partial charge on any atom is -0.456 e. The molecule has 58 heavy (non-hydrogen) atoms. The summed E-state index contributed by atoms with van der Waals surface area (Å²) in [6.45, 7) is 0. The molecule has 0 bridgehead atoms. The van der Waals surface area contributed by atoms with E-state index in [1.54, 1.807) is 0 Å². The Labute approximate surface area is 333 Å². The average molecular weight is 744 g/mol. The van der Waals surface area contributed by atoms with Crippen LogP contribution in [0.3, 0.4) is 0 Å². The summed E-state index contributed by atoms with van der Waals surface area (Å²) in [6, 6.07) is 70.3. The molecule has 0 unspecified atom stereocenters. The third-order valence-corrected chi connectivity index (χ3v) is 11.4. The van der Waals surface area contributed by atoms with Crippen LogP contribution >= 0.6 is 0 Å². The molecule has 12 aromatic rings. The Balaban J connectivity index is 1.11. The summed E-state index contributed by atoms with van der Waals surface area (Å²) in [4.78, 5) is 7.22. The van der Waals surface area contributed by atoms with Crippen LogP contribution in [0.1, 0.15) is 0 Å². The molecule has 3 heterocycles. The monoisotopic (exact) mass is 743 g/mol. The molecule has 5 heteroatoms. The van der Waals surface area contributed by atoms with Crippen molar-refractivity contribution in [3.63, 3.8) is 0 Å². The van der Waals surface area contributed by atoms with Crippen molar-refractivity contribution in [3.05, 3.63) is 200 Å². The zero-order valence-electron chi connectivity index (χ0n) is 31.2. The van der Waals surface area contributed by atoms with Crippen molar-refractivity contribution in [1.82, 2.24) is 9.55 Å². The number of oxazole rings is 1. The smallest absolute Gasteiger partial charge is 0.227 e. The van der Waals surface area contributed by atoms with Gasteiger partial charge >= 0.3 is 0 Å². The molecule has 0 saturated carbocycles. The predicted octanol–water partition coefficient (Wildman–Crippen LogP) is 14.8. The van der Waals surface area contributed by atoms with Crippen LogP contribution in [0.15, 0.2) is 209 Å². The first kappa shape index (κ1) is 32.4. The minimum atomic E-state index is 0.582. The van der Waals surface area contributed by atoms with E-state index in [0.29, 0.717) is 11.5 Å². The van der Waals surface area contributed by atoms with Crippen LogP contribution in [-0.4, -0.2) is 9.55 Å². The van der Waals surface area contributed by atoms with Gasteiger partial charge in [-0.05, 0) is 101 Å². The molecule has 272 valence electrons. The second-order valence-electron chi connectivity index (χ2n) is 14.7. The Morgan fingerprint density at radius 1 is 0.431 bits per heavy atom. The molecular formula is C53H33N3O2. The maximum absolute atomic E-state index is 6.67. The van der Waals surface area contributed by atoms with Gasteiger partial charge in [0.2, 0.25) is 5.89 Å². The SMILES string of the molecule is c1ccc(-c2nc3cccc(N(c4cccc(-c5cc6c(c7ccccc57)c5ccccc5n6-c5ccccc5)c4)c4ccc5c(c4)oc4ccccc45)c3o2)cc1. The lowest BCUT2D eigenvalue weighted by atomic mass is 9.94. The van der Waals surface area contributed by atoms with Crippen molar-refractivity contribution < 1.29 is 8.83 Å². The largest absolute Gasteiger partial charge is 0.456 e. The Hall–Kier alpha value is -7.89. The molecule has 0 spiro atoms. The molecular weight excluding hydrogens is 711 g/mol. The molecule has 0 radical (unpaired) electrons. The van der Waals surface area contributed by atoms with Crippen LogP contribution in [0.4, 0.5) is 17.1 Å². The maximum atomic E-state index is 6.67. The van der Waals surface area contributed by atoms with E-state index >= 15 is 0 Å². The van der Waals surface area contributed by atoms with Gasteiger partial charge in [-0.3, -0.25) is 0 Å². The van der Waals surface area contributed by atoms with E-state index in [-0.39, 0.29) is 0 Å². The summed E-state index contributed by atoms with van der Waals surface area (Å²) in [5.41, 5.74) is 12.6. The summed E-state index contributed by atoms with van der Waals surface area (Å²) >= 11 is 0. The number of fused-ring (bicyclic) bond motifs is 9. The molecule has 0 fully saturated rings. The Bertz CT molecular complexity index is 3520. The van der Waals surface area contributed by atoms with Gasteiger partial charge < -0.3 is 18.3 Å². The topological polar surface area (TPSA) is 47.3 Å². The first-order valence-electron chi connectivity index (χ1n) is 19.5. The van der Waals surface area contributed by atoms with E-state index in [1.165, 1.54) is 32.6 Å². The van der Waals surface area contributed by atoms with Gasteiger partial charge in [-0.2, -0.15) is 0 Å². The van der Waals surface area contributed by atoms with Gasteiger partial charge in [-0.25, -0.2) is 4.98 Å². The van der Waals surface area contributed by atoms with E-state index in [9.17, 15) is 0 Å². The van der Waals surface area contributed by atoms with Crippen LogP contribution in [0.2, 0.25) is 0 Å². The van der Waals surface area contributed by atoms with Gasteiger partial charge in [-0.1, -0.05) is 115 Å². The van der Waals surface area contributed by atoms with E-state index < -0.39 is 0 Å². The molecule has 0 N–H and O–H groups in total. The quantitative estimate of drug-likeness (QED) is 0.170. The van der Waals surface area contributed by atoms with E-state index in [1.807, 2.05) is 48.5 Å². The highest BCUT2D eigenvalue weighted by atomic mass is 16.3. The van der Waals surface area contributed by atoms with Gasteiger partial charge in [0.15, 0.2) is 5.58 Å². The molecule has 3 aromatic heterocycles. The molecule has 5 nitrogen and oxygen atoms in total. The lowest BCUT2D eigenvalue weighted by Gasteiger charge is -2.26. The summed E-state index contributed by atoms with van der Waals surface area (Å²) in [6.07, 6.45) is 0. The highest BCUT2D eigenvalue weighted by Gasteiger charge is 2.23. The van der Waals surface area contributed by atoms with Gasteiger partial charge in [-0.15, -0.1) is 0 Å². The normalized spacial score (nSPS) is 11.8. The number of hydrogen-bond donors (Lipinski definition) is 0. The lowest BCUT2D eigenvalue weighted by Crippen LogP contribution is -2.10. The van der Waals surface area contributed by atoms with Crippen LogP contribution in [0.25, 0.3) is 93.9 Å². The highest BCUT2D eigenvalue weighted by molar-refractivity contribution is 6.24. The number of rotatable bonds is 6. The summed E-state index contributed by atoms with van der Waals surface area (Å²) in [5, 5.41) is 7.08. The van der Waals surface area contributed by atoms with Gasteiger partial charge in [0.25, 0.3) is 0 Å². The second kappa shape index (κ2) is 12.8. The predicted molar refractivity (Wildman–Crippen MR) is 239 cm³/mol. The maximum Gasteiger partial charge on any atom is 0.227 e. The zero-order valence-corrected chi connectivity index (χ0v) is 31.2. The number of anilines is 3. The zero-order chi connectivity index (χ0) is 38.2. The standard InChI is InChI=1S/C53H33N3O2/c1-3-15-34(16-4-1)53-54-45-25-14-27-47(52(45)58-53)55(38-29-30-41-40-22-10-12-28-49(40)57-50(41)32-38)37-20-13-17-35(31-37)44-33-48-51(42-23-8-7-21-39(42)44)43-24-9-11-26-46(43)56(48)36-18-5-2-6-19-36/h1-33H. The third kappa shape index (κ3) is 5.00.